The Balaban J connectivity index is 1.74. The van der Waals surface area contributed by atoms with Crippen LogP contribution in [0.15, 0.2) is 41.8 Å². The second-order valence-corrected chi connectivity index (χ2v) is 6.21. The Morgan fingerprint density at radius 2 is 2.23 bits per heavy atom. The number of carbonyl (C=O) groups is 1. The number of amides is 2. The average Bonchev–Trinajstić information content (AvgIpc) is 3.20. The van der Waals surface area contributed by atoms with Crippen LogP contribution in [0.4, 0.5) is 10.5 Å². The standard InChI is InChI=1S/C17H20N2O2S/c1-2-21-15-9-4-3-7-13(15)18-17(20)19-11-5-8-14(19)16-10-6-12-22-16/h3-4,6-7,9-10,12,14H,2,5,8,11H2,1H3,(H,18,20). The van der Waals surface area contributed by atoms with Crippen LogP contribution in [0.1, 0.15) is 30.7 Å². The fourth-order valence-electron chi connectivity index (χ4n) is 2.82. The Hall–Kier alpha value is -2.01. The molecule has 0 spiro atoms. The van der Waals surface area contributed by atoms with Gasteiger partial charge in [-0.05, 0) is 43.3 Å². The molecule has 0 bridgehead atoms. The number of anilines is 1. The van der Waals surface area contributed by atoms with Gasteiger partial charge < -0.3 is 15.0 Å². The molecule has 1 aromatic carbocycles. The fourth-order valence-corrected chi connectivity index (χ4v) is 3.70. The summed E-state index contributed by atoms with van der Waals surface area (Å²) in [6.45, 7) is 3.31. The first kappa shape index (κ1) is 14.9. The van der Waals surface area contributed by atoms with E-state index in [0.717, 1.165) is 25.1 Å². The highest BCUT2D eigenvalue weighted by Gasteiger charge is 2.30. The predicted octanol–water partition coefficient (Wildman–Crippen LogP) is 4.52. The summed E-state index contributed by atoms with van der Waals surface area (Å²) in [5.74, 6) is 0.713. The van der Waals surface area contributed by atoms with E-state index in [1.165, 1.54) is 4.88 Å². The molecule has 1 saturated heterocycles. The van der Waals surface area contributed by atoms with E-state index >= 15 is 0 Å². The third-order valence-corrected chi connectivity index (χ3v) is 4.79. The van der Waals surface area contributed by atoms with Gasteiger partial charge in [-0.3, -0.25) is 0 Å². The molecule has 2 aromatic rings. The lowest BCUT2D eigenvalue weighted by molar-refractivity contribution is 0.207. The maximum atomic E-state index is 12.6. The highest BCUT2D eigenvalue weighted by Crippen LogP contribution is 2.35. The molecular weight excluding hydrogens is 296 g/mol. The van der Waals surface area contributed by atoms with E-state index < -0.39 is 0 Å². The van der Waals surface area contributed by atoms with Gasteiger partial charge >= 0.3 is 6.03 Å². The molecule has 0 saturated carbocycles. The topological polar surface area (TPSA) is 41.6 Å². The third-order valence-electron chi connectivity index (χ3n) is 3.81. The first-order valence-electron chi connectivity index (χ1n) is 7.62. The van der Waals surface area contributed by atoms with Crippen molar-refractivity contribution >= 4 is 23.1 Å². The first-order valence-corrected chi connectivity index (χ1v) is 8.50. The molecule has 1 N–H and O–H groups in total. The number of carbonyl (C=O) groups excluding carboxylic acids is 1. The van der Waals surface area contributed by atoms with Crippen molar-refractivity contribution < 1.29 is 9.53 Å². The quantitative estimate of drug-likeness (QED) is 0.901. The van der Waals surface area contributed by atoms with Gasteiger partial charge in [0.15, 0.2) is 0 Å². The Kier molecular flexibility index (Phi) is 4.63. The van der Waals surface area contributed by atoms with Gasteiger partial charge in [-0.1, -0.05) is 18.2 Å². The molecule has 0 radical (unpaired) electrons. The van der Waals surface area contributed by atoms with Crippen LogP contribution < -0.4 is 10.1 Å². The van der Waals surface area contributed by atoms with Crippen molar-refractivity contribution in [3.05, 3.63) is 46.7 Å². The molecule has 1 aliphatic heterocycles. The number of para-hydroxylation sites is 2. The zero-order chi connectivity index (χ0) is 15.4. The molecular formula is C17H20N2O2S. The van der Waals surface area contributed by atoms with Crippen LogP contribution in [0.3, 0.4) is 0 Å². The van der Waals surface area contributed by atoms with Crippen LogP contribution in [0.2, 0.25) is 0 Å². The minimum atomic E-state index is -0.0527. The second-order valence-electron chi connectivity index (χ2n) is 5.23. The average molecular weight is 316 g/mol. The number of thiophene rings is 1. The van der Waals surface area contributed by atoms with Crippen molar-refractivity contribution in [2.45, 2.75) is 25.8 Å². The van der Waals surface area contributed by atoms with E-state index in [1.807, 2.05) is 42.2 Å². The van der Waals surface area contributed by atoms with Crippen LogP contribution in [0, 0.1) is 0 Å². The molecule has 2 heterocycles. The van der Waals surface area contributed by atoms with Crippen molar-refractivity contribution in [1.29, 1.82) is 0 Å². The lowest BCUT2D eigenvalue weighted by Gasteiger charge is -2.24. The SMILES string of the molecule is CCOc1ccccc1NC(=O)N1CCCC1c1cccs1. The van der Waals surface area contributed by atoms with Crippen LogP contribution in [-0.4, -0.2) is 24.1 Å². The van der Waals surface area contributed by atoms with Crippen molar-refractivity contribution in [2.24, 2.45) is 0 Å². The molecule has 4 nitrogen and oxygen atoms in total. The molecule has 0 aliphatic carbocycles. The number of nitrogens with one attached hydrogen (secondary N) is 1. The van der Waals surface area contributed by atoms with E-state index in [0.29, 0.717) is 12.4 Å². The fraction of sp³-hybridized carbons (Fsp3) is 0.353. The maximum Gasteiger partial charge on any atom is 0.322 e. The highest BCUT2D eigenvalue weighted by atomic mass is 32.1. The molecule has 3 rings (SSSR count). The van der Waals surface area contributed by atoms with E-state index in [-0.39, 0.29) is 12.1 Å². The van der Waals surface area contributed by atoms with Gasteiger partial charge in [0.2, 0.25) is 0 Å². The van der Waals surface area contributed by atoms with Crippen LogP contribution in [0.5, 0.6) is 5.75 Å². The maximum absolute atomic E-state index is 12.6. The summed E-state index contributed by atoms with van der Waals surface area (Å²) in [5, 5.41) is 5.06. The summed E-state index contributed by atoms with van der Waals surface area (Å²) in [5.41, 5.74) is 0.728. The van der Waals surface area contributed by atoms with Crippen molar-refractivity contribution in [3.8, 4) is 5.75 Å². The number of benzene rings is 1. The van der Waals surface area contributed by atoms with E-state index in [9.17, 15) is 4.79 Å². The minimum absolute atomic E-state index is 0.0527. The normalized spacial score (nSPS) is 17.5. The molecule has 1 unspecified atom stereocenters. The molecule has 1 fully saturated rings. The van der Waals surface area contributed by atoms with E-state index in [4.69, 9.17) is 4.74 Å². The summed E-state index contributed by atoms with van der Waals surface area (Å²) < 4.78 is 5.57. The Bertz CT molecular complexity index is 627. The Labute approximate surface area is 134 Å². The molecule has 1 aromatic heterocycles. The zero-order valence-electron chi connectivity index (χ0n) is 12.6. The van der Waals surface area contributed by atoms with Gasteiger partial charge in [0.05, 0.1) is 18.3 Å². The molecule has 5 heteroatoms. The minimum Gasteiger partial charge on any atom is -0.492 e. The number of likely N-dealkylation sites (tertiary alicyclic amines) is 1. The number of rotatable bonds is 4. The Morgan fingerprint density at radius 3 is 3.00 bits per heavy atom. The molecule has 1 aliphatic rings. The van der Waals surface area contributed by atoms with Gasteiger partial charge in [0.1, 0.15) is 5.75 Å². The van der Waals surface area contributed by atoms with Gasteiger partial charge in [-0.25, -0.2) is 4.79 Å². The van der Waals surface area contributed by atoms with Gasteiger partial charge in [0, 0.05) is 11.4 Å². The molecule has 116 valence electrons. The van der Waals surface area contributed by atoms with E-state index in [2.05, 4.69) is 16.8 Å². The lowest BCUT2D eigenvalue weighted by atomic mass is 10.2. The third kappa shape index (κ3) is 3.09. The lowest BCUT2D eigenvalue weighted by Crippen LogP contribution is -2.34. The van der Waals surface area contributed by atoms with Crippen LogP contribution in [0.25, 0.3) is 0 Å². The zero-order valence-corrected chi connectivity index (χ0v) is 13.4. The summed E-state index contributed by atoms with van der Waals surface area (Å²) in [6, 6.07) is 11.8. The summed E-state index contributed by atoms with van der Waals surface area (Å²) in [6.07, 6.45) is 2.07. The smallest absolute Gasteiger partial charge is 0.322 e. The predicted molar refractivity (Wildman–Crippen MR) is 89.6 cm³/mol. The number of urea groups is 1. The number of hydrogen-bond donors (Lipinski definition) is 1. The summed E-state index contributed by atoms with van der Waals surface area (Å²) in [4.78, 5) is 15.8. The molecule has 22 heavy (non-hydrogen) atoms. The molecule has 2 amide bonds. The van der Waals surface area contributed by atoms with Crippen molar-refractivity contribution in [1.82, 2.24) is 4.90 Å². The van der Waals surface area contributed by atoms with Gasteiger partial charge in [-0.2, -0.15) is 0 Å². The monoisotopic (exact) mass is 316 g/mol. The molecule has 1 atom stereocenters. The van der Waals surface area contributed by atoms with Gasteiger partial charge in [0.25, 0.3) is 0 Å². The number of hydrogen-bond acceptors (Lipinski definition) is 3. The van der Waals surface area contributed by atoms with E-state index in [1.54, 1.807) is 11.3 Å². The first-order chi connectivity index (χ1) is 10.8. The number of ether oxygens (including phenoxy) is 1. The van der Waals surface area contributed by atoms with Crippen LogP contribution in [-0.2, 0) is 0 Å². The van der Waals surface area contributed by atoms with Crippen molar-refractivity contribution in [2.75, 3.05) is 18.5 Å². The summed E-state index contributed by atoms with van der Waals surface area (Å²) in [7, 11) is 0. The van der Waals surface area contributed by atoms with Gasteiger partial charge in [-0.15, -0.1) is 11.3 Å². The highest BCUT2D eigenvalue weighted by molar-refractivity contribution is 7.10. The second kappa shape index (κ2) is 6.83. The Morgan fingerprint density at radius 1 is 1.36 bits per heavy atom. The largest absolute Gasteiger partial charge is 0.492 e. The van der Waals surface area contributed by atoms with Crippen LogP contribution >= 0.6 is 11.3 Å². The summed E-state index contributed by atoms with van der Waals surface area (Å²) >= 11 is 1.71. The van der Waals surface area contributed by atoms with Crippen molar-refractivity contribution in [3.63, 3.8) is 0 Å². The number of nitrogens with zero attached hydrogens (tertiary/aromatic N) is 1.